The number of carbonyl (C=O) groups is 1. The van der Waals surface area contributed by atoms with E-state index in [1.54, 1.807) is 22.0 Å². The monoisotopic (exact) mass is 364 g/mol. The molecular formula is C20H20N4O3. The molecule has 0 unspecified atom stereocenters. The third-order valence-corrected chi connectivity index (χ3v) is 4.59. The molecule has 4 rings (SSSR count). The third kappa shape index (κ3) is 3.23. The summed E-state index contributed by atoms with van der Waals surface area (Å²) in [5.74, 6) is 2.08. The van der Waals surface area contributed by atoms with Crippen molar-refractivity contribution in [1.29, 1.82) is 0 Å². The lowest BCUT2D eigenvalue weighted by Gasteiger charge is -2.21. The highest BCUT2D eigenvalue weighted by molar-refractivity contribution is 5.95. The third-order valence-electron chi connectivity index (χ3n) is 4.59. The van der Waals surface area contributed by atoms with Crippen LogP contribution in [0, 0.1) is 6.92 Å². The van der Waals surface area contributed by atoms with Crippen LogP contribution in [0.1, 0.15) is 28.5 Å². The molecule has 1 aromatic carbocycles. The van der Waals surface area contributed by atoms with Crippen molar-refractivity contribution in [2.24, 2.45) is 0 Å². The normalized spacial score (nSPS) is 12.2. The van der Waals surface area contributed by atoms with Gasteiger partial charge in [-0.05, 0) is 43.7 Å². The van der Waals surface area contributed by atoms with Gasteiger partial charge in [-0.3, -0.25) is 4.79 Å². The Hall–Kier alpha value is -3.35. The van der Waals surface area contributed by atoms with Crippen molar-refractivity contribution in [3.8, 4) is 17.3 Å². The zero-order valence-electron chi connectivity index (χ0n) is 15.3. The van der Waals surface area contributed by atoms with Gasteiger partial charge in [0.15, 0.2) is 17.3 Å². The first-order chi connectivity index (χ1) is 13.2. The van der Waals surface area contributed by atoms with Gasteiger partial charge in [-0.25, -0.2) is 9.67 Å². The van der Waals surface area contributed by atoms with Crippen LogP contribution >= 0.6 is 0 Å². The van der Waals surface area contributed by atoms with E-state index >= 15 is 0 Å². The summed E-state index contributed by atoms with van der Waals surface area (Å²) in [5, 5.41) is 4.35. The molecule has 0 aliphatic carbocycles. The number of hydrogen-bond acceptors (Lipinski definition) is 5. The number of carbonyl (C=O) groups excluding carboxylic acids is 1. The molecule has 0 spiro atoms. The second-order valence-electron chi connectivity index (χ2n) is 6.25. The number of fused-ring (bicyclic) bond motifs is 1. The van der Waals surface area contributed by atoms with E-state index in [4.69, 9.17) is 9.47 Å². The summed E-state index contributed by atoms with van der Waals surface area (Å²) in [6.45, 7) is 5.15. The molecule has 1 aliphatic heterocycles. The quantitative estimate of drug-likeness (QED) is 0.696. The molecule has 1 aliphatic rings. The molecule has 0 saturated heterocycles. The van der Waals surface area contributed by atoms with Crippen molar-refractivity contribution in [3.05, 3.63) is 65.6 Å². The van der Waals surface area contributed by atoms with E-state index in [0.717, 1.165) is 22.8 Å². The van der Waals surface area contributed by atoms with E-state index in [9.17, 15) is 4.79 Å². The number of ether oxygens (including phenoxy) is 2. The molecule has 0 radical (unpaired) electrons. The van der Waals surface area contributed by atoms with E-state index in [0.29, 0.717) is 24.5 Å². The Bertz CT molecular complexity index is 969. The van der Waals surface area contributed by atoms with Crippen molar-refractivity contribution < 1.29 is 14.3 Å². The highest BCUT2D eigenvalue weighted by atomic mass is 16.7. The van der Waals surface area contributed by atoms with Crippen LogP contribution < -0.4 is 9.47 Å². The summed E-state index contributed by atoms with van der Waals surface area (Å²) < 4.78 is 12.4. The van der Waals surface area contributed by atoms with Gasteiger partial charge in [0.05, 0.1) is 17.5 Å². The largest absolute Gasteiger partial charge is 0.454 e. The number of aromatic nitrogens is 3. The van der Waals surface area contributed by atoms with Gasteiger partial charge in [0, 0.05) is 19.3 Å². The molecule has 0 N–H and O–H groups in total. The molecule has 27 heavy (non-hydrogen) atoms. The summed E-state index contributed by atoms with van der Waals surface area (Å²) in [4.78, 5) is 19.2. The second-order valence-corrected chi connectivity index (χ2v) is 6.25. The van der Waals surface area contributed by atoms with Crippen LogP contribution in [-0.4, -0.2) is 38.9 Å². The maximum Gasteiger partial charge on any atom is 0.257 e. The van der Waals surface area contributed by atoms with Crippen molar-refractivity contribution >= 4 is 5.91 Å². The Kier molecular flexibility index (Phi) is 4.50. The Balaban J connectivity index is 1.57. The summed E-state index contributed by atoms with van der Waals surface area (Å²) in [6.07, 6.45) is 3.31. The van der Waals surface area contributed by atoms with Crippen LogP contribution in [0.4, 0.5) is 0 Å². The first-order valence-corrected chi connectivity index (χ1v) is 8.81. The number of amides is 1. The van der Waals surface area contributed by atoms with E-state index < -0.39 is 0 Å². The average molecular weight is 364 g/mol. The maximum atomic E-state index is 13.1. The van der Waals surface area contributed by atoms with Crippen molar-refractivity contribution in [3.63, 3.8) is 0 Å². The molecular weight excluding hydrogens is 344 g/mol. The minimum absolute atomic E-state index is 0.0603. The van der Waals surface area contributed by atoms with Crippen LogP contribution in [-0.2, 0) is 6.54 Å². The molecule has 0 atom stereocenters. The zero-order valence-corrected chi connectivity index (χ0v) is 15.3. The molecule has 0 fully saturated rings. The molecule has 2 aromatic heterocycles. The summed E-state index contributed by atoms with van der Waals surface area (Å²) >= 11 is 0. The predicted octanol–water partition coefficient (Wildman–Crippen LogP) is 2.97. The Labute approximate surface area is 157 Å². The molecule has 7 nitrogen and oxygen atoms in total. The Morgan fingerprint density at radius 1 is 1.22 bits per heavy atom. The van der Waals surface area contributed by atoms with Gasteiger partial charge < -0.3 is 14.4 Å². The lowest BCUT2D eigenvalue weighted by atomic mass is 10.1. The number of nitrogens with zero attached hydrogens (tertiary/aromatic N) is 4. The topological polar surface area (TPSA) is 69.5 Å². The average Bonchev–Trinajstić information content (AvgIpc) is 3.32. The molecule has 0 bridgehead atoms. The van der Waals surface area contributed by atoms with Gasteiger partial charge >= 0.3 is 0 Å². The van der Waals surface area contributed by atoms with Gasteiger partial charge in [-0.2, -0.15) is 5.10 Å². The molecule has 1 amide bonds. The lowest BCUT2D eigenvalue weighted by Crippen LogP contribution is -2.30. The van der Waals surface area contributed by atoms with Crippen LogP contribution in [0.2, 0.25) is 0 Å². The van der Waals surface area contributed by atoms with Crippen molar-refractivity contribution in [1.82, 2.24) is 19.7 Å². The molecule has 138 valence electrons. The van der Waals surface area contributed by atoms with Gasteiger partial charge in [-0.1, -0.05) is 12.1 Å². The highest BCUT2D eigenvalue weighted by Crippen LogP contribution is 2.33. The van der Waals surface area contributed by atoms with Gasteiger partial charge in [-0.15, -0.1) is 0 Å². The smallest absolute Gasteiger partial charge is 0.257 e. The Morgan fingerprint density at radius 2 is 2.07 bits per heavy atom. The number of hydrogen-bond donors (Lipinski definition) is 0. The summed E-state index contributed by atoms with van der Waals surface area (Å²) in [5.41, 5.74) is 2.33. The first-order valence-electron chi connectivity index (χ1n) is 8.81. The van der Waals surface area contributed by atoms with Gasteiger partial charge in [0.2, 0.25) is 6.79 Å². The number of rotatable bonds is 5. The second kappa shape index (κ2) is 7.11. The molecule has 3 heterocycles. The summed E-state index contributed by atoms with van der Waals surface area (Å²) in [6, 6.07) is 11.3. The number of pyridine rings is 1. The highest BCUT2D eigenvalue weighted by Gasteiger charge is 2.22. The fraction of sp³-hybridized carbons (Fsp3) is 0.250. The fourth-order valence-electron chi connectivity index (χ4n) is 3.09. The SMILES string of the molecule is CCN(Cc1ccc2c(c1)OCO2)C(=O)c1cnn(-c2ccccn2)c1C. The Morgan fingerprint density at radius 3 is 2.85 bits per heavy atom. The first kappa shape index (κ1) is 17.1. The van der Waals surface area contributed by atoms with E-state index in [1.165, 1.54) is 0 Å². The molecule has 3 aromatic rings. The van der Waals surface area contributed by atoms with Crippen LogP contribution in [0.25, 0.3) is 5.82 Å². The van der Waals surface area contributed by atoms with Crippen molar-refractivity contribution in [2.75, 3.05) is 13.3 Å². The predicted molar refractivity (Wildman–Crippen MR) is 99.1 cm³/mol. The standard InChI is InChI=1S/C20H20N4O3/c1-3-23(12-15-7-8-17-18(10-15)27-13-26-17)20(25)16-11-22-24(14(16)2)19-6-4-5-9-21-19/h4-11H,3,12-13H2,1-2H3. The minimum Gasteiger partial charge on any atom is -0.454 e. The van der Waals surface area contributed by atoms with E-state index in [-0.39, 0.29) is 12.7 Å². The van der Waals surface area contributed by atoms with E-state index in [2.05, 4.69) is 10.1 Å². The molecule has 7 heteroatoms. The summed E-state index contributed by atoms with van der Waals surface area (Å²) in [7, 11) is 0. The van der Waals surface area contributed by atoms with Crippen LogP contribution in [0.3, 0.4) is 0 Å². The fourth-order valence-corrected chi connectivity index (χ4v) is 3.09. The minimum atomic E-state index is -0.0603. The van der Waals surface area contributed by atoms with E-state index in [1.807, 2.05) is 50.2 Å². The lowest BCUT2D eigenvalue weighted by molar-refractivity contribution is 0.0751. The van der Waals surface area contributed by atoms with Gasteiger partial charge in [0.25, 0.3) is 5.91 Å². The van der Waals surface area contributed by atoms with Crippen LogP contribution in [0.15, 0.2) is 48.8 Å². The molecule has 0 saturated carbocycles. The van der Waals surface area contributed by atoms with Crippen LogP contribution in [0.5, 0.6) is 11.5 Å². The van der Waals surface area contributed by atoms with Crippen molar-refractivity contribution in [2.45, 2.75) is 20.4 Å². The zero-order chi connectivity index (χ0) is 18.8. The number of benzene rings is 1. The maximum absolute atomic E-state index is 13.1. The van der Waals surface area contributed by atoms with Gasteiger partial charge in [0.1, 0.15) is 0 Å².